The van der Waals surface area contributed by atoms with Crippen LogP contribution in [0.2, 0.25) is 0 Å². The van der Waals surface area contributed by atoms with Gasteiger partial charge in [-0.25, -0.2) is 4.79 Å². The van der Waals surface area contributed by atoms with E-state index in [-0.39, 0.29) is 5.97 Å². The van der Waals surface area contributed by atoms with Crippen molar-refractivity contribution >= 4 is 12.2 Å². The Balaban J connectivity index is 2.58. The van der Waals surface area contributed by atoms with Crippen molar-refractivity contribution in [1.82, 2.24) is 0 Å². The van der Waals surface area contributed by atoms with E-state index in [1.165, 1.54) is 0 Å². The highest BCUT2D eigenvalue weighted by molar-refractivity contribution is 5.83. The lowest BCUT2D eigenvalue weighted by atomic mass is 10.2. The molecule has 3 nitrogen and oxygen atoms in total. The molecule has 1 rings (SSSR count). The van der Waals surface area contributed by atoms with Crippen molar-refractivity contribution in [2.75, 3.05) is 0 Å². The molecule has 3 heteroatoms. The number of rotatable bonds is 3. The lowest BCUT2D eigenvalue weighted by Gasteiger charge is -2.20. The molecular formula is C14H19NO2. The molecule has 0 fully saturated rings. The normalized spacial score (nSPS) is 13.6. The van der Waals surface area contributed by atoms with Gasteiger partial charge in [0.1, 0.15) is 11.6 Å². The standard InChI is InChI=1S/C14H19NO2/c1-11(13(16)17-14(2,3)4)15-10-12-8-6-5-7-9-12/h5-11H,1-4H3. The third-order valence-electron chi connectivity index (χ3n) is 1.99. The van der Waals surface area contributed by atoms with Gasteiger partial charge in [-0.05, 0) is 33.3 Å². The molecule has 1 aromatic carbocycles. The number of benzene rings is 1. The molecule has 0 spiro atoms. The minimum atomic E-state index is -0.477. The second-order valence-corrected chi connectivity index (χ2v) is 4.90. The number of aliphatic imine (C=N–C) groups is 1. The maximum absolute atomic E-state index is 11.6. The van der Waals surface area contributed by atoms with Crippen molar-refractivity contribution in [1.29, 1.82) is 0 Å². The van der Waals surface area contributed by atoms with Crippen LogP contribution in [-0.2, 0) is 9.53 Å². The summed E-state index contributed by atoms with van der Waals surface area (Å²) in [6.45, 7) is 7.27. The van der Waals surface area contributed by atoms with Crippen molar-refractivity contribution in [2.24, 2.45) is 4.99 Å². The van der Waals surface area contributed by atoms with Crippen molar-refractivity contribution in [3.8, 4) is 0 Å². The number of carbonyl (C=O) groups is 1. The molecule has 0 aliphatic carbocycles. The van der Waals surface area contributed by atoms with E-state index in [0.29, 0.717) is 0 Å². The third kappa shape index (κ3) is 5.29. The van der Waals surface area contributed by atoms with Crippen LogP contribution in [0.3, 0.4) is 0 Å². The van der Waals surface area contributed by atoms with Gasteiger partial charge in [-0.1, -0.05) is 30.3 Å². The average molecular weight is 233 g/mol. The topological polar surface area (TPSA) is 38.7 Å². The molecule has 0 amide bonds. The van der Waals surface area contributed by atoms with E-state index >= 15 is 0 Å². The summed E-state index contributed by atoms with van der Waals surface area (Å²) in [7, 11) is 0. The van der Waals surface area contributed by atoms with E-state index in [2.05, 4.69) is 4.99 Å². The predicted octanol–water partition coefficient (Wildman–Crippen LogP) is 2.84. The van der Waals surface area contributed by atoms with Gasteiger partial charge in [0.25, 0.3) is 0 Å². The summed E-state index contributed by atoms with van der Waals surface area (Å²) < 4.78 is 5.24. The molecule has 0 heterocycles. The van der Waals surface area contributed by atoms with Crippen LogP contribution < -0.4 is 0 Å². The summed E-state index contributed by atoms with van der Waals surface area (Å²) in [5.74, 6) is -0.301. The Hall–Kier alpha value is -1.64. The van der Waals surface area contributed by atoms with Crippen LogP contribution in [0.4, 0.5) is 0 Å². The average Bonchev–Trinajstić information content (AvgIpc) is 2.25. The van der Waals surface area contributed by atoms with E-state index in [1.54, 1.807) is 13.1 Å². The molecular weight excluding hydrogens is 214 g/mol. The molecule has 0 N–H and O–H groups in total. The molecule has 92 valence electrons. The first-order chi connectivity index (χ1) is 7.88. The van der Waals surface area contributed by atoms with Gasteiger partial charge in [0, 0.05) is 6.21 Å². The predicted molar refractivity (Wildman–Crippen MR) is 69.3 cm³/mol. The largest absolute Gasteiger partial charge is 0.458 e. The maximum Gasteiger partial charge on any atom is 0.331 e. The number of hydrogen-bond donors (Lipinski definition) is 0. The molecule has 17 heavy (non-hydrogen) atoms. The number of ether oxygens (including phenoxy) is 1. The van der Waals surface area contributed by atoms with Gasteiger partial charge in [-0.2, -0.15) is 0 Å². The Bertz CT molecular complexity index is 390. The number of esters is 1. The Morgan fingerprint density at radius 1 is 1.29 bits per heavy atom. The van der Waals surface area contributed by atoms with Crippen molar-refractivity contribution in [2.45, 2.75) is 39.3 Å². The quantitative estimate of drug-likeness (QED) is 0.595. The summed E-state index contributed by atoms with van der Waals surface area (Å²) in [6, 6.07) is 9.19. The fraction of sp³-hybridized carbons (Fsp3) is 0.429. The van der Waals surface area contributed by atoms with E-state index in [1.807, 2.05) is 51.1 Å². The van der Waals surface area contributed by atoms with Crippen LogP contribution in [0.15, 0.2) is 35.3 Å². The van der Waals surface area contributed by atoms with Gasteiger partial charge in [0.15, 0.2) is 0 Å². The zero-order valence-electron chi connectivity index (χ0n) is 10.8. The molecule has 1 unspecified atom stereocenters. The Morgan fingerprint density at radius 2 is 1.88 bits per heavy atom. The Kier molecular flexibility index (Phi) is 4.44. The highest BCUT2D eigenvalue weighted by Gasteiger charge is 2.20. The molecule has 0 radical (unpaired) electrons. The monoisotopic (exact) mass is 233 g/mol. The molecule has 0 saturated heterocycles. The first kappa shape index (κ1) is 13.4. The Morgan fingerprint density at radius 3 is 2.41 bits per heavy atom. The van der Waals surface area contributed by atoms with Crippen LogP contribution in [0.25, 0.3) is 0 Å². The van der Waals surface area contributed by atoms with Crippen molar-refractivity contribution in [3.63, 3.8) is 0 Å². The van der Waals surface area contributed by atoms with Crippen molar-refractivity contribution in [3.05, 3.63) is 35.9 Å². The zero-order chi connectivity index (χ0) is 12.9. The van der Waals surface area contributed by atoms with Gasteiger partial charge in [-0.3, -0.25) is 4.99 Å². The molecule has 1 aromatic rings. The summed E-state index contributed by atoms with van der Waals surface area (Å²) in [6.07, 6.45) is 1.69. The molecule has 0 bridgehead atoms. The highest BCUT2D eigenvalue weighted by Crippen LogP contribution is 2.09. The first-order valence-corrected chi connectivity index (χ1v) is 5.69. The molecule has 0 aromatic heterocycles. The minimum absolute atomic E-state index is 0.301. The van der Waals surface area contributed by atoms with E-state index in [9.17, 15) is 4.79 Å². The lowest BCUT2D eigenvalue weighted by molar-refractivity contribution is -0.155. The van der Waals surface area contributed by atoms with Crippen LogP contribution in [0, 0.1) is 0 Å². The van der Waals surface area contributed by atoms with E-state index in [4.69, 9.17) is 4.74 Å². The van der Waals surface area contributed by atoms with E-state index in [0.717, 1.165) is 5.56 Å². The fourth-order valence-electron chi connectivity index (χ4n) is 1.18. The van der Waals surface area contributed by atoms with Gasteiger partial charge in [0.2, 0.25) is 0 Å². The third-order valence-corrected chi connectivity index (χ3v) is 1.99. The molecule has 0 saturated carbocycles. The molecule has 0 aliphatic heterocycles. The fourth-order valence-corrected chi connectivity index (χ4v) is 1.18. The summed E-state index contributed by atoms with van der Waals surface area (Å²) in [5, 5.41) is 0. The number of nitrogens with zero attached hydrogens (tertiary/aromatic N) is 1. The molecule has 1 atom stereocenters. The van der Waals surface area contributed by atoms with Crippen LogP contribution in [0.5, 0.6) is 0 Å². The lowest BCUT2D eigenvalue weighted by Crippen LogP contribution is -2.29. The summed E-state index contributed by atoms with van der Waals surface area (Å²) in [4.78, 5) is 15.8. The van der Waals surface area contributed by atoms with Gasteiger partial charge >= 0.3 is 5.97 Å². The minimum Gasteiger partial charge on any atom is -0.458 e. The highest BCUT2D eigenvalue weighted by atomic mass is 16.6. The van der Waals surface area contributed by atoms with Crippen LogP contribution >= 0.6 is 0 Å². The van der Waals surface area contributed by atoms with Gasteiger partial charge < -0.3 is 4.74 Å². The van der Waals surface area contributed by atoms with E-state index < -0.39 is 11.6 Å². The van der Waals surface area contributed by atoms with Crippen molar-refractivity contribution < 1.29 is 9.53 Å². The second-order valence-electron chi connectivity index (χ2n) is 4.90. The summed E-state index contributed by atoms with van der Waals surface area (Å²) in [5.41, 5.74) is 0.510. The zero-order valence-corrected chi connectivity index (χ0v) is 10.8. The summed E-state index contributed by atoms with van der Waals surface area (Å²) >= 11 is 0. The van der Waals surface area contributed by atoms with Crippen LogP contribution in [0.1, 0.15) is 33.3 Å². The van der Waals surface area contributed by atoms with Crippen LogP contribution in [-0.4, -0.2) is 23.8 Å². The smallest absolute Gasteiger partial charge is 0.331 e. The van der Waals surface area contributed by atoms with Gasteiger partial charge in [0.05, 0.1) is 0 Å². The Labute approximate surface area is 103 Å². The van der Waals surface area contributed by atoms with Gasteiger partial charge in [-0.15, -0.1) is 0 Å². The number of carbonyl (C=O) groups excluding carboxylic acids is 1. The maximum atomic E-state index is 11.6. The number of hydrogen-bond acceptors (Lipinski definition) is 3. The SMILES string of the molecule is CC(N=Cc1ccccc1)C(=O)OC(C)(C)C. The first-order valence-electron chi connectivity index (χ1n) is 5.69. The second kappa shape index (κ2) is 5.62. The molecule has 0 aliphatic rings.